The maximum absolute atomic E-state index is 6.22. The number of aromatic nitrogens is 4. The fourth-order valence-electron chi connectivity index (χ4n) is 6.08. The number of hydrogen-bond acceptors (Lipinski definition) is 4. The fraction of sp³-hybridized carbons (Fsp3) is 0. The molecule has 196 valence electrons. The quantitative estimate of drug-likeness (QED) is 0.225. The monoisotopic (exact) mass is 538 g/mol. The number of rotatable bonds is 3. The van der Waals surface area contributed by atoms with E-state index in [9.17, 15) is 0 Å². The molecule has 5 aromatic carbocycles. The van der Waals surface area contributed by atoms with Crippen LogP contribution in [0.3, 0.4) is 0 Å². The van der Waals surface area contributed by atoms with E-state index in [-0.39, 0.29) is 0 Å². The Balaban J connectivity index is 1.38. The van der Waals surface area contributed by atoms with Crippen LogP contribution in [0.5, 0.6) is 0 Å². The van der Waals surface area contributed by atoms with Gasteiger partial charge in [-0.05, 0) is 53.2 Å². The molecule has 4 aromatic heterocycles. The molecule has 0 aliphatic carbocycles. The van der Waals surface area contributed by atoms with E-state index in [0.29, 0.717) is 5.71 Å². The summed E-state index contributed by atoms with van der Waals surface area (Å²) >= 11 is 0. The highest BCUT2D eigenvalue weighted by molar-refractivity contribution is 6.14. The van der Waals surface area contributed by atoms with Gasteiger partial charge >= 0.3 is 0 Å². The molecule has 0 N–H and O–H groups in total. The lowest BCUT2D eigenvalue weighted by molar-refractivity contribution is 0.653. The Hall–Kier alpha value is -5.81. The van der Waals surface area contributed by atoms with E-state index in [1.165, 1.54) is 21.5 Å². The molecule has 0 saturated heterocycles. The summed E-state index contributed by atoms with van der Waals surface area (Å²) in [6.45, 7) is 0. The zero-order valence-corrected chi connectivity index (χ0v) is 22.4. The van der Waals surface area contributed by atoms with Crippen molar-refractivity contribution in [3.8, 4) is 28.3 Å². The van der Waals surface area contributed by atoms with Crippen LogP contribution < -0.4 is 0 Å². The average molecular weight is 539 g/mol. The summed E-state index contributed by atoms with van der Waals surface area (Å²) in [6, 6.07) is 43.9. The first kappa shape index (κ1) is 22.9. The molecule has 0 aliphatic heterocycles. The van der Waals surface area contributed by atoms with E-state index in [4.69, 9.17) is 14.4 Å². The SMILES string of the molecule is c1ccc(-c2ccc(-c3nc4oc5ccccc5c4nc3-n3c4ccccc4c4cc5ccccc5cc43)cc2)nc1. The molecule has 0 aliphatic rings. The van der Waals surface area contributed by atoms with Crippen molar-refractivity contribution in [3.63, 3.8) is 0 Å². The van der Waals surface area contributed by atoms with Gasteiger partial charge in [-0.2, -0.15) is 0 Å². The topological polar surface area (TPSA) is 56.7 Å². The van der Waals surface area contributed by atoms with Gasteiger partial charge < -0.3 is 4.42 Å². The van der Waals surface area contributed by atoms with E-state index < -0.39 is 0 Å². The van der Waals surface area contributed by atoms with Gasteiger partial charge in [0.25, 0.3) is 0 Å². The molecule has 9 rings (SSSR count). The number of hydrogen-bond donors (Lipinski definition) is 0. The third-order valence-corrected chi connectivity index (χ3v) is 8.07. The summed E-state index contributed by atoms with van der Waals surface area (Å²) in [5, 5.41) is 5.69. The molecule has 0 saturated carbocycles. The molecule has 0 bridgehead atoms. The van der Waals surface area contributed by atoms with E-state index >= 15 is 0 Å². The minimum absolute atomic E-state index is 0.523. The summed E-state index contributed by atoms with van der Waals surface area (Å²) in [5.41, 5.74) is 7.89. The van der Waals surface area contributed by atoms with Crippen molar-refractivity contribution >= 4 is 54.8 Å². The van der Waals surface area contributed by atoms with Crippen molar-refractivity contribution in [2.24, 2.45) is 0 Å². The van der Waals surface area contributed by atoms with Gasteiger partial charge in [-0.3, -0.25) is 9.55 Å². The normalized spacial score (nSPS) is 11.8. The summed E-state index contributed by atoms with van der Waals surface area (Å²) in [7, 11) is 0. The lowest BCUT2D eigenvalue weighted by Crippen LogP contribution is -2.03. The number of pyridine rings is 1. The Morgan fingerprint density at radius 1 is 0.548 bits per heavy atom. The summed E-state index contributed by atoms with van der Waals surface area (Å²) in [5.74, 6) is 0.765. The predicted molar refractivity (Wildman–Crippen MR) is 170 cm³/mol. The summed E-state index contributed by atoms with van der Waals surface area (Å²) in [6.07, 6.45) is 1.81. The molecule has 0 radical (unpaired) electrons. The standard InChI is InChI=1S/C37H22N4O/c1-2-10-26-22-32-29(21-25(26)9-1)27-11-3-5-14-31(27)41(32)36-34(24-18-16-23(17-19-24)30-13-7-8-20-38-30)40-37-35(39-36)28-12-4-6-15-33(28)42-37/h1-22H. The van der Waals surface area contributed by atoms with Crippen molar-refractivity contribution in [2.75, 3.05) is 0 Å². The van der Waals surface area contributed by atoms with Gasteiger partial charge in [0.1, 0.15) is 16.8 Å². The highest BCUT2D eigenvalue weighted by atomic mass is 16.3. The number of benzene rings is 5. The molecule has 5 nitrogen and oxygen atoms in total. The highest BCUT2D eigenvalue weighted by Gasteiger charge is 2.22. The van der Waals surface area contributed by atoms with Crippen LogP contribution in [-0.2, 0) is 0 Å². The van der Waals surface area contributed by atoms with E-state index in [1.807, 2.05) is 48.7 Å². The molecule has 0 fully saturated rings. The van der Waals surface area contributed by atoms with Crippen LogP contribution in [0.1, 0.15) is 0 Å². The predicted octanol–water partition coefficient (Wildman–Crippen LogP) is 9.36. The highest BCUT2D eigenvalue weighted by Crippen LogP contribution is 2.39. The average Bonchev–Trinajstić information content (AvgIpc) is 3.58. The van der Waals surface area contributed by atoms with Gasteiger partial charge in [0.15, 0.2) is 5.82 Å². The molecule has 9 aromatic rings. The van der Waals surface area contributed by atoms with E-state index in [0.717, 1.165) is 55.9 Å². The molecule has 0 spiro atoms. The van der Waals surface area contributed by atoms with Crippen molar-refractivity contribution in [1.82, 2.24) is 19.5 Å². The Labute approximate surface area is 240 Å². The zero-order valence-electron chi connectivity index (χ0n) is 22.4. The maximum Gasteiger partial charge on any atom is 0.247 e. The van der Waals surface area contributed by atoms with Crippen LogP contribution in [0.4, 0.5) is 0 Å². The second-order valence-electron chi connectivity index (χ2n) is 10.5. The van der Waals surface area contributed by atoms with Gasteiger partial charge in [-0.25, -0.2) is 9.97 Å². The number of furan rings is 1. The molecular formula is C37H22N4O. The van der Waals surface area contributed by atoms with Crippen LogP contribution in [0.25, 0.3) is 83.1 Å². The van der Waals surface area contributed by atoms with Crippen molar-refractivity contribution in [1.29, 1.82) is 0 Å². The molecule has 0 unspecified atom stereocenters. The van der Waals surface area contributed by atoms with Crippen LogP contribution in [-0.4, -0.2) is 19.5 Å². The third-order valence-electron chi connectivity index (χ3n) is 8.07. The van der Waals surface area contributed by atoms with Crippen molar-refractivity contribution < 1.29 is 4.42 Å². The van der Waals surface area contributed by atoms with Gasteiger partial charge in [0.2, 0.25) is 5.71 Å². The van der Waals surface area contributed by atoms with Crippen molar-refractivity contribution in [2.45, 2.75) is 0 Å². The van der Waals surface area contributed by atoms with E-state index in [2.05, 4.69) is 94.5 Å². The second-order valence-corrected chi connectivity index (χ2v) is 10.5. The lowest BCUT2D eigenvalue weighted by atomic mass is 10.1. The Morgan fingerprint density at radius 3 is 2.10 bits per heavy atom. The first-order valence-corrected chi connectivity index (χ1v) is 14.0. The molecule has 0 amide bonds. The Kier molecular flexibility index (Phi) is 4.83. The smallest absolute Gasteiger partial charge is 0.247 e. The Morgan fingerprint density at radius 2 is 1.26 bits per heavy atom. The minimum atomic E-state index is 0.523. The summed E-state index contributed by atoms with van der Waals surface area (Å²) < 4.78 is 8.48. The number of nitrogens with zero attached hydrogens (tertiary/aromatic N) is 4. The van der Waals surface area contributed by atoms with Crippen molar-refractivity contribution in [3.05, 3.63) is 134 Å². The first-order chi connectivity index (χ1) is 20.8. The second kappa shape index (κ2) is 8.85. The molecular weight excluding hydrogens is 516 g/mol. The number of para-hydroxylation sites is 2. The minimum Gasteiger partial charge on any atom is -0.436 e. The molecule has 42 heavy (non-hydrogen) atoms. The van der Waals surface area contributed by atoms with Gasteiger partial charge in [0, 0.05) is 33.5 Å². The van der Waals surface area contributed by atoms with Crippen LogP contribution >= 0.6 is 0 Å². The Bertz CT molecular complexity index is 2460. The lowest BCUT2D eigenvalue weighted by Gasteiger charge is -2.13. The first-order valence-electron chi connectivity index (χ1n) is 14.0. The van der Waals surface area contributed by atoms with Gasteiger partial charge in [0.05, 0.1) is 16.7 Å². The number of fused-ring (bicyclic) bond motifs is 7. The fourth-order valence-corrected chi connectivity index (χ4v) is 6.08. The van der Waals surface area contributed by atoms with Crippen LogP contribution in [0.15, 0.2) is 138 Å². The van der Waals surface area contributed by atoms with Crippen LogP contribution in [0.2, 0.25) is 0 Å². The summed E-state index contributed by atoms with van der Waals surface area (Å²) in [4.78, 5) is 15.0. The third kappa shape index (κ3) is 3.40. The zero-order chi connectivity index (χ0) is 27.6. The van der Waals surface area contributed by atoms with Crippen LogP contribution in [0, 0.1) is 0 Å². The molecule has 0 atom stereocenters. The van der Waals surface area contributed by atoms with Gasteiger partial charge in [-0.1, -0.05) is 84.9 Å². The van der Waals surface area contributed by atoms with Gasteiger partial charge in [-0.15, -0.1) is 0 Å². The maximum atomic E-state index is 6.22. The largest absolute Gasteiger partial charge is 0.436 e. The van der Waals surface area contributed by atoms with E-state index in [1.54, 1.807) is 0 Å². The molecule has 5 heteroatoms. The molecule has 4 heterocycles.